The lowest BCUT2D eigenvalue weighted by atomic mass is 10.0. The van der Waals surface area contributed by atoms with E-state index >= 15 is 0 Å². The highest BCUT2D eigenvalue weighted by Crippen LogP contribution is 2.29. The van der Waals surface area contributed by atoms with Gasteiger partial charge in [0.25, 0.3) is 0 Å². The van der Waals surface area contributed by atoms with Gasteiger partial charge < -0.3 is 0 Å². The van der Waals surface area contributed by atoms with E-state index in [1.807, 2.05) is 0 Å². The number of amides is 3. The van der Waals surface area contributed by atoms with Gasteiger partial charge in [-0.05, 0) is 25.7 Å². The highest BCUT2D eigenvalue weighted by atomic mass is 35.5. The molecule has 2 N–H and O–H groups in total. The van der Waals surface area contributed by atoms with Crippen LogP contribution in [0.25, 0.3) is 0 Å². The molecule has 0 aliphatic heterocycles. The van der Waals surface area contributed by atoms with E-state index in [9.17, 15) is 9.59 Å². The van der Waals surface area contributed by atoms with Crippen LogP contribution >= 0.6 is 22.9 Å². The summed E-state index contributed by atoms with van der Waals surface area (Å²) < 4.78 is 0. The van der Waals surface area contributed by atoms with Crippen molar-refractivity contribution in [2.75, 3.05) is 11.2 Å². The fourth-order valence-electron chi connectivity index (χ4n) is 1.81. The first-order valence-electron chi connectivity index (χ1n) is 5.84. The normalized spacial score (nSPS) is 13.8. The van der Waals surface area contributed by atoms with Crippen molar-refractivity contribution in [1.29, 1.82) is 0 Å². The second-order valence-electron chi connectivity index (χ2n) is 4.04. The summed E-state index contributed by atoms with van der Waals surface area (Å²) >= 11 is 6.89. The number of aromatic nitrogens is 1. The maximum atomic E-state index is 11.5. The Morgan fingerprint density at radius 3 is 2.83 bits per heavy atom. The van der Waals surface area contributed by atoms with Crippen LogP contribution in [0.3, 0.4) is 0 Å². The van der Waals surface area contributed by atoms with Gasteiger partial charge in [-0.2, -0.15) is 0 Å². The van der Waals surface area contributed by atoms with Crippen molar-refractivity contribution in [3.8, 4) is 0 Å². The molecule has 0 bridgehead atoms. The molecule has 2 rings (SSSR count). The molecule has 0 atom stereocenters. The molecule has 5 nitrogen and oxygen atoms in total. The van der Waals surface area contributed by atoms with E-state index in [1.54, 1.807) is 0 Å². The molecule has 0 aromatic carbocycles. The summed E-state index contributed by atoms with van der Waals surface area (Å²) in [4.78, 5) is 28.2. The molecule has 1 aromatic rings. The zero-order valence-electron chi connectivity index (χ0n) is 9.79. The number of urea groups is 1. The van der Waals surface area contributed by atoms with E-state index in [4.69, 9.17) is 11.6 Å². The van der Waals surface area contributed by atoms with Gasteiger partial charge in [0.2, 0.25) is 5.91 Å². The van der Waals surface area contributed by atoms with Crippen molar-refractivity contribution < 1.29 is 9.59 Å². The summed E-state index contributed by atoms with van der Waals surface area (Å²) in [6, 6.07) is -0.545. The van der Waals surface area contributed by atoms with Crippen LogP contribution in [0.15, 0.2) is 0 Å². The monoisotopic (exact) mass is 287 g/mol. The number of aryl methyl sites for hydroxylation is 2. The zero-order valence-corrected chi connectivity index (χ0v) is 11.4. The Bertz CT molecular complexity index is 438. The molecule has 7 heteroatoms. The summed E-state index contributed by atoms with van der Waals surface area (Å²) in [7, 11) is 0. The standard InChI is InChI=1S/C11H14ClN3O2S/c12-6-5-9(16)14-10(17)15-11-13-7-3-1-2-4-8(7)18-11/h1-6H2,(H2,13,14,15,16,17). The van der Waals surface area contributed by atoms with Gasteiger partial charge in [-0.25, -0.2) is 9.78 Å². The molecular weight excluding hydrogens is 274 g/mol. The van der Waals surface area contributed by atoms with E-state index in [-0.39, 0.29) is 18.2 Å². The molecule has 0 saturated heterocycles. The fraction of sp³-hybridized carbons (Fsp3) is 0.545. The SMILES string of the molecule is O=C(CCCl)NC(=O)Nc1nc2c(s1)CCCC2. The molecule has 0 radical (unpaired) electrons. The number of rotatable bonds is 3. The van der Waals surface area contributed by atoms with Crippen molar-refractivity contribution in [3.63, 3.8) is 0 Å². The summed E-state index contributed by atoms with van der Waals surface area (Å²) in [6.07, 6.45) is 4.46. The first-order valence-corrected chi connectivity index (χ1v) is 7.19. The Morgan fingerprint density at radius 2 is 2.11 bits per heavy atom. The number of hydrogen-bond donors (Lipinski definition) is 2. The lowest BCUT2D eigenvalue weighted by Crippen LogP contribution is -2.34. The number of anilines is 1. The number of carbonyl (C=O) groups is 2. The maximum absolute atomic E-state index is 11.5. The minimum absolute atomic E-state index is 0.128. The number of nitrogens with one attached hydrogen (secondary N) is 2. The van der Waals surface area contributed by atoms with Crippen LogP contribution in [0.2, 0.25) is 0 Å². The van der Waals surface area contributed by atoms with Crippen molar-refractivity contribution >= 4 is 40.0 Å². The highest BCUT2D eigenvalue weighted by molar-refractivity contribution is 7.15. The van der Waals surface area contributed by atoms with Crippen molar-refractivity contribution in [3.05, 3.63) is 10.6 Å². The number of nitrogens with zero attached hydrogens (tertiary/aromatic N) is 1. The van der Waals surface area contributed by atoms with Gasteiger partial charge in [0.1, 0.15) is 0 Å². The number of hydrogen-bond acceptors (Lipinski definition) is 4. The predicted molar refractivity (Wildman–Crippen MR) is 71.3 cm³/mol. The Morgan fingerprint density at radius 1 is 1.33 bits per heavy atom. The number of thiazole rings is 1. The molecule has 3 amide bonds. The molecule has 0 saturated carbocycles. The van der Waals surface area contributed by atoms with Gasteiger partial charge in [0.05, 0.1) is 5.69 Å². The first-order chi connectivity index (χ1) is 8.69. The Labute approximate surface area is 114 Å². The molecular formula is C11H14ClN3O2S. The molecule has 1 aliphatic carbocycles. The molecule has 98 valence electrons. The van der Waals surface area contributed by atoms with Crippen LogP contribution in [-0.2, 0) is 17.6 Å². The average Bonchev–Trinajstić information content (AvgIpc) is 2.70. The third-order valence-electron chi connectivity index (χ3n) is 2.64. The van der Waals surface area contributed by atoms with Crippen LogP contribution in [0, 0.1) is 0 Å². The second-order valence-corrected chi connectivity index (χ2v) is 5.50. The van der Waals surface area contributed by atoms with Gasteiger partial charge >= 0.3 is 6.03 Å². The number of imide groups is 1. The third kappa shape index (κ3) is 3.43. The largest absolute Gasteiger partial charge is 0.327 e. The lowest BCUT2D eigenvalue weighted by Gasteiger charge is -2.06. The van der Waals surface area contributed by atoms with Gasteiger partial charge in [-0.3, -0.25) is 15.4 Å². The van der Waals surface area contributed by atoms with Crippen molar-refractivity contribution in [2.45, 2.75) is 32.1 Å². The van der Waals surface area contributed by atoms with E-state index in [0.29, 0.717) is 5.13 Å². The molecule has 0 fully saturated rings. The summed E-state index contributed by atoms with van der Waals surface area (Å²) in [5, 5.41) is 5.34. The number of halogens is 1. The summed E-state index contributed by atoms with van der Waals surface area (Å²) in [5.74, 6) is -0.186. The minimum Gasteiger partial charge on any atom is -0.283 e. The van der Waals surface area contributed by atoms with Gasteiger partial charge in [-0.15, -0.1) is 22.9 Å². The molecule has 0 unspecified atom stereocenters. The first kappa shape index (κ1) is 13.3. The van der Waals surface area contributed by atoms with Gasteiger partial charge in [0, 0.05) is 17.2 Å². The van der Waals surface area contributed by atoms with Crippen LogP contribution < -0.4 is 10.6 Å². The fourth-order valence-corrected chi connectivity index (χ4v) is 3.03. The summed E-state index contributed by atoms with van der Waals surface area (Å²) in [5.41, 5.74) is 1.08. The molecule has 1 heterocycles. The Balaban J connectivity index is 1.91. The van der Waals surface area contributed by atoms with Crippen LogP contribution in [-0.4, -0.2) is 22.8 Å². The molecule has 1 aromatic heterocycles. The number of carbonyl (C=O) groups excluding carboxylic acids is 2. The number of fused-ring (bicyclic) bond motifs is 1. The smallest absolute Gasteiger partial charge is 0.283 e. The van der Waals surface area contributed by atoms with Gasteiger partial charge in [0.15, 0.2) is 5.13 Å². The second kappa shape index (κ2) is 6.15. The zero-order chi connectivity index (χ0) is 13.0. The topological polar surface area (TPSA) is 71.1 Å². The van der Waals surface area contributed by atoms with E-state index in [0.717, 1.165) is 25.0 Å². The Hall–Kier alpha value is -1.14. The van der Waals surface area contributed by atoms with Crippen LogP contribution in [0.4, 0.5) is 9.93 Å². The van der Waals surface area contributed by atoms with Crippen LogP contribution in [0.1, 0.15) is 29.8 Å². The number of alkyl halides is 1. The highest BCUT2D eigenvalue weighted by Gasteiger charge is 2.16. The van der Waals surface area contributed by atoms with E-state index < -0.39 is 6.03 Å². The van der Waals surface area contributed by atoms with E-state index in [2.05, 4.69) is 15.6 Å². The summed E-state index contributed by atoms with van der Waals surface area (Å²) in [6.45, 7) is 0. The molecule has 1 aliphatic rings. The minimum atomic E-state index is -0.545. The van der Waals surface area contributed by atoms with Crippen molar-refractivity contribution in [1.82, 2.24) is 10.3 Å². The predicted octanol–water partition coefficient (Wildman–Crippen LogP) is 2.30. The molecule has 18 heavy (non-hydrogen) atoms. The van der Waals surface area contributed by atoms with E-state index in [1.165, 1.54) is 22.6 Å². The Kier molecular flexibility index (Phi) is 4.54. The maximum Gasteiger partial charge on any atom is 0.327 e. The average molecular weight is 288 g/mol. The quantitative estimate of drug-likeness (QED) is 0.838. The molecule has 0 spiro atoms. The lowest BCUT2D eigenvalue weighted by molar-refractivity contribution is -0.119. The van der Waals surface area contributed by atoms with Gasteiger partial charge in [-0.1, -0.05) is 0 Å². The third-order valence-corrected chi connectivity index (χ3v) is 3.90. The van der Waals surface area contributed by atoms with Crippen molar-refractivity contribution in [2.24, 2.45) is 0 Å². The van der Waals surface area contributed by atoms with Crippen LogP contribution in [0.5, 0.6) is 0 Å².